The fourth-order valence-corrected chi connectivity index (χ4v) is 5.66. The third-order valence-corrected chi connectivity index (χ3v) is 9.15. The summed E-state index contributed by atoms with van der Waals surface area (Å²) >= 11 is 0. The number of unbranched alkanes of at least 4 members (excludes halogenated alkanes) is 7. The van der Waals surface area contributed by atoms with Crippen LogP contribution in [0.1, 0.15) is 175 Å². The Labute approximate surface area is 373 Å². The highest BCUT2D eigenvalue weighted by molar-refractivity contribution is 5.71. The number of hydrogen-bond acceptors (Lipinski definition) is 6. The molecule has 61 heavy (non-hydrogen) atoms. The van der Waals surface area contributed by atoms with Crippen molar-refractivity contribution in [3.63, 3.8) is 0 Å². The van der Waals surface area contributed by atoms with Gasteiger partial charge in [0, 0.05) is 19.3 Å². The highest BCUT2D eigenvalue weighted by atomic mass is 16.6. The number of allylic oxidation sites excluding steroid dienone is 22. The van der Waals surface area contributed by atoms with E-state index in [1.165, 1.54) is 38.5 Å². The smallest absolute Gasteiger partial charge is 0.306 e. The molecule has 0 aromatic rings. The van der Waals surface area contributed by atoms with Gasteiger partial charge in [-0.25, -0.2) is 0 Å². The van der Waals surface area contributed by atoms with Gasteiger partial charge in [0.15, 0.2) is 6.10 Å². The molecule has 0 aromatic carbocycles. The van der Waals surface area contributed by atoms with Crippen LogP contribution in [0.5, 0.6) is 0 Å². The first-order valence-corrected chi connectivity index (χ1v) is 23.7. The van der Waals surface area contributed by atoms with Crippen LogP contribution in [0.15, 0.2) is 134 Å². The first-order valence-electron chi connectivity index (χ1n) is 23.7. The Morgan fingerprint density at radius 3 is 1.10 bits per heavy atom. The second kappa shape index (κ2) is 48.2. The quantitative estimate of drug-likeness (QED) is 0.0265. The molecule has 0 saturated heterocycles. The number of carbonyl (C=O) groups is 3. The molecule has 0 bridgehead atoms. The van der Waals surface area contributed by atoms with Crippen molar-refractivity contribution in [3.8, 4) is 0 Å². The molecule has 1 unspecified atom stereocenters. The van der Waals surface area contributed by atoms with Gasteiger partial charge in [-0.15, -0.1) is 0 Å². The van der Waals surface area contributed by atoms with E-state index >= 15 is 0 Å². The first kappa shape index (κ1) is 56.5. The second-order valence-corrected chi connectivity index (χ2v) is 14.9. The van der Waals surface area contributed by atoms with Crippen molar-refractivity contribution in [1.29, 1.82) is 0 Å². The Morgan fingerprint density at radius 2 is 0.672 bits per heavy atom. The predicted octanol–water partition coefficient (Wildman–Crippen LogP) is 15.5. The maximum absolute atomic E-state index is 12.7. The molecular weight excluding hydrogens is 757 g/mol. The summed E-state index contributed by atoms with van der Waals surface area (Å²) in [6.45, 7) is 6.19. The molecule has 0 fully saturated rings. The summed E-state index contributed by atoms with van der Waals surface area (Å²) in [6, 6.07) is 0. The average Bonchev–Trinajstić information content (AvgIpc) is 3.26. The largest absolute Gasteiger partial charge is 0.462 e. The number of rotatable bonds is 40. The van der Waals surface area contributed by atoms with E-state index < -0.39 is 18.0 Å². The third-order valence-electron chi connectivity index (χ3n) is 9.15. The molecule has 0 heterocycles. The topological polar surface area (TPSA) is 78.9 Å². The van der Waals surface area contributed by atoms with Crippen LogP contribution in [0.4, 0.5) is 0 Å². The molecular formula is C55H84O6. The molecule has 1 atom stereocenters. The summed E-state index contributed by atoms with van der Waals surface area (Å²) in [4.78, 5) is 37.7. The lowest BCUT2D eigenvalue weighted by atomic mass is 10.1. The lowest BCUT2D eigenvalue weighted by Gasteiger charge is -2.18. The van der Waals surface area contributed by atoms with Crippen LogP contribution in [0.3, 0.4) is 0 Å². The van der Waals surface area contributed by atoms with Gasteiger partial charge < -0.3 is 14.2 Å². The fraction of sp³-hybridized carbons (Fsp3) is 0.545. The van der Waals surface area contributed by atoms with E-state index in [2.05, 4.69) is 136 Å². The Bertz CT molecular complexity index is 1380. The number of carbonyl (C=O) groups excluding carboxylic acids is 3. The van der Waals surface area contributed by atoms with Gasteiger partial charge in [0.2, 0.25) is 0 Å². The van der Waals surface area contributed by atoms with E-state index in [9.17, 15) is 14.4 Å². The maximum atomic E-state index is 12.7. The zero-order valence-electron chi connectivity index (χ0n) is 38.6. The van der Waals surface area contributed by atoms with Crippen molar-refractivity contribution in [1.82, 2.24) is 0 Å². The molecule has 0 aliphatic rings. The van der Waals surface area contributed by atoms with Crippen molar-refractivity contribution in [2.75, 3.05) is 13.2 Å². The molecule has 0 rings (SSSR count). The Kier molecular flexibility index (Phi) is 44.7. The van der Waals surface area contributed by atoms with E-state index in [4.69, 9.17) is 14.2 Å². The van der Waals surface area contributed by atoms with Gasteiger partial charge in [-0.05, 0) is 103 Å². The summed E-state index contributed by atoms with van der Waals surface area (Å²) in [5.41, 5.74) is 0. The zero-order chi connectivity index (χ0) is 44.4. The van der Waals surface area contributed by atoms with Crippen molar-refractivity contribution in [2.24, 2.45) is 0 Å². The summed E-state index contributed by atoms with van der Waals surface area (Å²) in [5.74, 6) is -1.18. The summed E-state index contributed by atoms with van der Waals surface area (Å²) < 4.78 is 16.5. The van der Waals surface area contributed by atoms with Crippen LogP contribution >= 0.6 is 0 Å². The van der Waals surface area contributed by atoms with Crippen molar-refractivity contribution >= 4 is 17.9 Å². The number of esters is 3. The molecule has 6 nitrogen and oxygen atoms in total. The number of hydrogen-bond donors (Lipinski definition) is 0. The van der Waals surface area contributed by atoms with Gasteiger partial charge in [0.1, 0.15) is 13.2 Å². The molecule has 340 valence electrons. The molecule has 0 aromatic heterocycles. The van der Waals surface area contributed by atoms with Gasteiger partial charge in [-0.1, -0.05) is 187 Å². The standard InChI is InChI=1S/C55H84O6/c1-4-7-10-13-16-19-22-24-25-26-27-28-29-31-33-36-39-42-45-48-54(57)60-51-52(50-59-53(56)47-44-41-38-35-32-21-18-15-12-9-6-3)61-55(58)49-46-43-40-37-34-30-23-20-17-14-11-8-5-2/h7,9-10,12,16,18-19,21,24-25,27-28,30-31,33-35,38-40,42-43,52H,4-6,8,11,13-15,17,20,22-23,26,29,32,36-37,41,44-51H2,1-3H3/b10-7-,12-9-,19-16-,21-18-,25-24-,28-27-,33-31-,34-30-,38-35-,42-39-,43-40-. The van der Waals surface area contributed by atoms with Crippen LogP contribution in [-0.4, -0.2) is 37.2 Å². The van der Waals surface area contributed by atoms with Gasteiger partial charge in [-0.2, -0.15) is 0 Å². The van der Waals surface area contributed by atoms with Crippen LogP contribution in [-0.2, 0) is 28.6 Å². The van der Waals surface area contributed by atoms with Gasteiger partial charge in [0.05, 0.1) is 0 Å². The first-order chi connectivity index (χ1) is 30.0. The zero-order valence-corrected chi connectivity index (χ0v) is 38.6. The molecule has 6 heteroatoms. The molecule has 0 saturated carbocycles. The SMILES string of the molecule is CC/C=C\C/C=C\C/C=C\C/C=C\C/C=C\C/C=C\CCC(=O)OCC(COC(=O)CCC/C=C\C/C=C\C/C=C\CC)OC(=O)CC/C=C\C/C=C\CCCCCCCC. The van der Waals surface area contributed by atoms with Crippen molar-refractivity contribution in [2.45, 2.75) is 181 Å². The van der Waals surface area contributed by atoms with E-state index in [1.807, 2.05) is 18.2 Å². The fourth-order valence-electron chi connectivity index (χ4n) is 5.66. The van der Waals surface area contributed by atoms with Crippen LogP contribution in [0.25, 0.3) is 0 Å². The molecule has 0 radical (unpaired) electrons. The van der Waals surface area contributed by atoms with Crippen LogP contribution in [0.2, 0.25) is 0 Å². The summed E-state index contributed by atoms with van der Waals surface area (Å²) in [6.07, 6.45) is 67.6. The van der Waals surface area contributed by atoms with Crippen LogP contribution < -0.4 is 0 Å². The van der Waals surface area contributed by atoms with E-state index in [0.29, 0.717) is 19.3 Å². The Hall–Kier alpha value is -4.45. The normalized spacial score (nSPS) is 13.3. The maximum Gasteiger partial charge on any atom is 0.306 e. The lowest BCUT2D eigenvalue weighted by Crippen LogP contribution is -2.30. The Morgan fingerprint density at radius 1 is 0.344 bits per heavy atom. The molecule has 0 N–H and O–H groups in total. The third kappa shape index (κ3) is 46.5. The van der Waals surface area contributed by atoms with Crippen LogP contribution in [0, 0.1) is 0 Å². The van der Waals surface area contributed by atoms with Gasteiger partial charge >= 0.3 is 17.9 Å². The van der Waals surface area contributed by atoms with Gasteiger partial charge in [0.25, 0.3) is 0 Å². The van der Waals surface area contributed by atoms with Crippen molar-refractivity contribution in [3.05, 3.63) is 134 Å². The predicted molar refractivity (Wildman–Crippen MR) is 260 cm³/mol. The minimum atomic E-state index is -0.862. The molecule has 0 amide bonds. The van der Waals surface area contributed by atoms with Crippen molar-refractivity contribution < 1.29 is 28.6 Å². The summed E-state index contributed by atoms with van der Waals surface area (Å²) in [7, 11) is 0. The van der Waals surface area contributed by atoms with E-state index in [-0.39, 0.29) is 38.4 Å². The highest BCUT2D eigenvalue weighted by Gasteiger charge is 2.19. The van der Waals surface area contributed by atoms with E-state index in [0.717, 1.165) is 77.0 Å². The number of ether oxygens (including phenoxy) is 3. The Balaban J connectivity index is 4.63. The molecule has 0 aliphatic heterocycles. The summed E-state index contributed by atoms with van der Waals surface area (Å²) in [5, 5.41) is 0. The highest BCUT2D eigenvalue weighted by Crippen LogP contribution is 2.09. The second-order valence-electron chi connectivity index (χ2n) is 14.9. The molecule has 0 spiro atoms. The minimum absolute atomic E-state index is 0.155. The minimum Gasteiger partial charge on any atom is -0.462 e. The lowest BCUT2D eigenvalue weighted by molar-refractivity contribution is -0.166. The van der Waals surface area contributed by atoms with E-state index in [1.54, 1.807) is 0 Å². The van der Waals surface area contributed by atoms with Gasteiger partial charge in [-0.3, -0.25) is 14.4 Å². The molecule has 0 aliphatic carbocycles. The average molecular weight is 841 g/mol. The monoisotopic (exact) mass is 841 g/mol.